The van der Waals surface area contributed by atoms with Gasteiger partial charge in [-0.1, -0.05) is 28.1 Å². The van der Waals surface area contributed by atoms with Gasteiger partial charge in [0.2, 0.25) is 0 Å². The summed E-state index contributed by atoms with van der Waals surface area (Å²) in [5.41, 5.74) is 0.573. The van der Waals surface area contributed by atoms with Crippen molar-refractivity contribution in [3.8, 4) is 6.07 Å². The van der Waals surface area contributed by atoms with Gasteiger partial charge >= 0.3 is 0 Å². The van der Waals surface area contributed by atoms with E-state index in [2.05, 4.69) is 21.2 Å². The van der Waals surface area contributed by atoms with Gasteiger partial charge in [-0.15, -0.1) is 0 Å². The lowest BCUT2D eigenvalue weighted by Crippen LogP contribution is -2.04. The number of nitrogens with one attached hydrogen (secondary N) is 1. The molecule has 2 nitrogen and oxygen atoms in total. The van der Waals surface area contributed by atoms with Crippen molar-refractivity contribution in [1.29, 1.82) is 5.26 Å². The number of halogens is 3. The van der Waals surface area contributed by atoms with Crippen LogP contribution in [0.15, 0.2) is 40.9 Å². The van der Waals surface area contributed by atoms with Gasteiger partial charge in [0.05, 0.1) is 11.3 Å². The summed E-state index contributed by atoms with van der Waals surface area (Å²) in [6.45, 7) is 0.106. The number of benzene rings is 2. The maximum absolute atomic E-state index is 13.8. The van der Waals surface area contributed by atoms with E-state index in [1.807, 2.05) is 0 Å². The molecular formula is C14H9BrF2N2. The molecule has 0 spiro atoms. The lowest BCUT2D eigenvalue weighted by Gasteiger charge is -2.09. The van der Waals surface area contributed by atoms with Crippen molar-refractivity contribution >= 4 is 21.6 Å². The molecule has 1 N–H and O–H groups in total. The molecule has 19 heavy (non-hydrogen) atoms. The molecule has 0 saturated carbocycles. The monoisotopic (exact) mass is 322 g/mol. The van der Waals surface area contributed by atoms with Crippen molar-refractivity contribution in [3.05, 3.63) is 63.6 Å². The van der Waals surface area contributed by atoms with E-state index in [0.717, 1.165) is 4.47 Å². The Kier molecular flexibility index (Phi) is 4.13. The average Bonchev–Trinajstić information content (AvgIpc) is 2.41. The van der Waals surface area contributed by atoms with Gasteiger partial charge in [0.15, 0.2) is 0 Å². The highest BCUT2D eigenvalue weighted by Gasteiger charge is 2.08. The first-order valence-electron chi connectivity index (χ1n) is 5.48. The number of hydrogen-bond acceptors (Lipinski definition) is 2. The Bertz CT molecular complexity index is 650. The highest BCUT2D eigenvalue weighted by atomic mass is 79.9. The number of hydrogen-bond donors (Lipinski definition) is 1. The smallest absolute Gasteiger partial charge is 0.146 e. The number of anilines is 1. The Morgan fingerprint density at radius 3 is 2.74 bits per heavy atom. The van der Waals surface area contributed by atoms with Gasteiger partial charge in [0, 0.05) is 16.6 Å². The fraction of sp³-hybridized carbons (Fsp3) is 0.0714. The zero-order valence-electron chi connectivity index (χ0n) is 9.75. The molecule has 0 atom stereocenters. The second-order valence-corrected chi connectivity index (χ2v) is 4.78. The summed E-state index contributed by atoms with van der Waals surface area (Å²) < 4.78 is 28.0. The van der Waals surface area contributed by atoms with Crippen LogP contribution in [0.3, 0.4) is 0 Å². The maximum atomic E-state index is 13.8. The Balaban J connectivity index is 2.20. The highest BCUT2D eigenvalue weighted by Crippen LogP contribution is 2.21. The van der Waals surface area contributed by atoms with Crippen LogP contribution in [0.5, 0.6) is 0 Å². The SMILES string of the molecule is N#Cc1cccc(CNc2cc(Br)ccc2F)c1F. The average molecular weight is 323 g/mol. The fourth-order valence-electron chi connectivity index (χ4n) is 1.63. The largest absolute Gasteiger partial charge is 0.378 e. The van der Waals surface area contributed by atoms with Gasteiger partial charge in [0.1, 0.15) is 17.7 Å². The summed E-state index contributed by atoms with van der Waals surface area (Å²) in [4.78, 5) is 0. The topological polar surface area (TPSA) is 35.8 Å². The van der Waals surface area contributed by atoms with E-state index < -0.39 is 11.6 Å². The van der Waals surface area contributed by atoms with E-state index in [1.54, 1.807) is 30.3 Å². The van der Waals surface area contributed by atoms with Crippen molar-refractivity contribution in [2.24, 2.45) is 0 Å². The molecule has 5 heteroatoms. The first-order chi connectivity index (χ1) is 9.11. The quantitative estimate of drug-likeness (QED) is 0.918. The van der Waals surface area contributed by atoms with Gasteiger partial charge in [-0.2, -0.15) is 5.26 Å². The van der Waals surface area contributed by atoms with Crippen LogP contribution < -0.4 is 5.32 Å². The van der Waals surface area contributed by atoms with Crippen LogP contribution in [0.1, 0.15) is 11.1 Å². The lowest BCUT2D eigenvalue weighted by molar-refractivity contribution is 0.607. The first kappa shape index (κ1) is 13.5. The second-order valence-electron chi connectivity index (χ2n) is 3.87. The molecule has 2 rings (SSSR count). The molecule has 0 heterocycles. The predicted octanol–water partition coefficient (Wildman–Crippen LogP) is 4.21. The molecule has 2 aromatic carbocycles. The van der Waals surface area contributed by atoms with E-state index >= 15 is 0 Å². The molecule has 0 aliphatic carbocycles. The van der Waals surface area contributed by atoms with E-state index in [9.17, 15) is 8.78 Å². The Hall–Kier alpha value is -1.93. The predicted molar refractivity (Wildman–Crippen MR) is 72.5 cm³/mol. The van der Waals surface area contributed by atoms with Gasteiger partial charge in [-0.25, -0.2) is 8.78 Å². The number of nitrogens with zero attached hydrogens (tertiary/aromatic N) is 1. The molecule has 0 aliphatic rings. The third kappa shape index (κ3) is 3.09. The van der Waals surface area contributed by atoms with Crippen molar-refractivity contribution in [2.75, 3.05) is 5.32 Å². The molecular weight excluding hydrogens is 314 g/mol. The summed E-state index contributed by atoms with van der Waals surface area (Å²) in [5, 5.41) is 11.5. The standard InChI is InChI=1S/C14H9BrF2N2/c15-11-4-5-12(16)13(6-11)19-8-10-3-1-2-9(7-18)14(10)17/h1-6,19H,8H2. The Morgan fingerprint density at radius 1 is 1.21 bits per heavy atom. The normalized spacial score (nSPS) is 10.0. The molecule has 0 unspecified atom stereocenters. The summed E-state index contributed by atoms with van der Waals surface area (Å²) >= 11 is 3.24. The molecule has 96 valence electrons. The third-order valence-electron chi connectivity index (χ3n) is 2.60. The minimum Gasteiger partial charge on any atom is -0.378 e. The molecule has 0 aromatic heterocycles. The minimum atomic E-state index is -0.576. The van der Waals surface area contributed by atoms with Crippen LogP contribution in [-0.4, -0.2) is 0 Å². The molecule has 0 bridgehead atoms. The first-order valence-corrected chi connectivity index (χ1v) is 6.27. The van der Waals surface area contributed by atoms with Crippen LogP contribution in [0, 0.1) is 23.0 Å². The van der Waals surface area contributed by atoms with E-state index in [-0.39, 0.29) is 17.8 Å². The molecule has 2 aromatic rings. The van der Waals surface area contributed by atoms with Crippen LogP contribution >= 0.6 is 15.9 Å². The van der Waals surface area contributed by atoms with E-state index in [0.29, 0.717) is 5.56 Å². The van der Waals surface area contributed by atoms with Crippen molar-refractivity contribution in [3.63, 3.8) is 0 Å². The summed E-state index contributed by atoms with van der Waals surface area (Å²) in [6.07, 6.45) is 0. The molecule has 0 aliphatic heterocycles. The van der Waals surface area contributed by atoms with E-state index in [4.69, 9.17) is 5.26 Å². The van der Waals surface area contributed by atoms with Crippen molar-refractivity contribution < 1.29 is 8.78 Å². The van der Waals surface area contributed by atoms with E-state index in [1.165, 1.54) is 12.1 Å². The molecule has 0 fully saturated rings. The van der Waals surface area contributed by atoms with Gasteiger partial charge in [0.25, 0.3) is 0 Å². The van der Waals surface area contributed by atoms with Crippen molar-refractivity contribution in [1.82, 2.24) is 0 Å². The summed E-state index contributed by atoms with van der Waals surface area (Å²) in [6, 6.07) is 10.8. The van der Waals surface area contributed by atoms with Crippen LogP contribution in [-0.2, 0) is 6.54 Å². The third-order valence-corrected chi connectivity index (χ3v) is 3.09. The second kappa shape index (κ2) is 5.81. The van der Waals surface area contributed by atoms with Gasteiger partial charge < -0.3 is 5.32 Å². The number of nitriles is 1. The molecule has 0 amide bonds. The summed E-state index contributed by atoms with van der Waals surface area (Å²) in [7, 11) is 0. The van der Waals surface area contributed by atoms with Crippen LogP contribution in [0.4, 0.5) is 14.5 Å². The van der Waals surface area contributed by atoms with Gasteiger partial charge in [-0.3, -0.25) is 0 Å². The van der Waals surface area contributed by atoms with Crippen molar-refractivity contribution in [2.45, 2.75) is 6.54 Å². The minimum absolute atomic E-state index is 0.0194. The summed E-state index contributed by atoms with van der Waals surface area (Å²) in [5.74, 6) is -0.993. The maximum Gasteiger partial charge on any atom is 0.146 e. The highest BCUT2D eigenvalue weighted by molar-refractivity contribution is 9.10. The molecule has 0 radical (unpaired) electrons. The zero-order valence-corrected chi connectivity index (χ0v) is 11.3. The van der Waals surface area contributed by atoms with Gasteiger partial charge in [-0.05, 0) is 24.3 Å². The fourth-order valence-corrected chi connectivity index (χ4v) is 1.99. The van der Waals surface area contributed by atoms with Crippen LogP contribution in [0.25, 0.3) is 0 Å². The molecule has 0 saturated heterocycles. The van der Waals surface area contributed by atoms with Crippen LogP contribution in [0.2, 0.25) is 0 Å². The zero-order chi connectivity index (χ0) is 13.8. The number of rotatable bonds is 3. The Labute approximate surface area is 117 Å². The Morgan fingerprint density at radius 2 is 2.00 bits per heavy atom. The lowest BCUT2D eigenvalue weighted by atomic mass is 10.1.